The summed E-state index contributed by atoms with van der Waals surface area (Å²) in [7, 11) is 5.34. The Morgan fingerprint density at radius 3 is 2.43 bits per heavy atom. The number of rotatable bonds is 6. The molecule has 12 nitrogen and oxygen atoms in total. The Morgan fingerprint density at radius 1 is 1.15 bits per heavy atom. The molecule has 4 heterocycles. The van der Waals surface area contributed by atoms with Crippen LogP contribution in [0.2, 0.25) is 0 Å². The first-order valence-electron chi connectivity index (χ1n) is 17.0. The Bertz CT molecular complexity index is 1250. The predicted octanol–water partition coefficient (Wildman–Crippen LogP) is 3.08. The van der Waals surface area contributed by atoms with Crippen LogP contribution < -0.4 is 0 Å². The lowest BCUT2D eigenvalue weighted by Gasteiger charge is -2.47. The number of likely N-dealkylation sites (N-methyl/N-ethyl adjacent to an activating group) is 1. The second-order valence-corrected chi connectivity index (χ2v) is 14.5. The monoisotopic (exact) mass is 661 g/mol. The van der Waals surface area contributed by atoms with Crippen molar-refractivity contribution in [2.24, 2.45) is 28.7 Å². The first kappa shape index (κ1) is 37.3. The average Bonchev–Trinajstić information content (AvgIpc) is 3.14. The second-order valence-electron chi connectivity index (χ2n) is 14.5. The highest BCUT2D eigenvalue weighted by atomic mass is 16.7. The van der Waals surface area contributed by atoms with Gasteiger partial charge in [0.25, 0.3) is 0 Å². The molecule has 1 amide bonds. The van der Waals surface area contributed by atoms with Crippen LogP contribution in [-0.2, 0) is 33.3 Å². The van der Waals surface area contributed by atoms with Gasteiger partial charge in [0.15, 0.2) is 17.7 Å². The molecule has 3 fully saturated rings. The van der Waals surface area contributed by atoms with Crippen molar-refractivity contribution in [3.63, 3.8) is 0 Å². The molecule has 264 valence electrons. The van der Waals surface area contributed by atoms with E-state index in [1.165, 1.54) is 0 Å². The first-order valence-corrected chi connectivity index (χ1v) is 17.0. The number of terminal acetylenes is 1. The van der Waals surface area contributed by atoms with Crippen molar-refractivity contribution >= 4 is 23.6 Å². The molecule has 13 atom stereocenters. The standard InChI is InChI=1S/C35H55N3O9/c1-12-14-23-27(39)22(6)30(46-32-28(40)24(37(9)10)17-20(4)44-32)34(7,43-11)18-19(3)26-21(5)29-35(8,25(13-2)45-31(23)41)47-33(42)38(29)16-15-36-26/h1,19-25,28-30,32,40H,13-18H2,2-11H3/t19-,20-,21+,22+,23?,24+,25-,28-,29-,30-,32+,34+,35-/m1/s1. The van der Waals surface area contributed by atoms with E-state index in [0.717, 1.165) is 5.71 Å². The maximum atomic E-state index is 14.4. The van der Waals surface area contributed by atoms with Crippen LogP contribution in [0.3, 0.4) is 0 Å². The Balaban J connectivity index is 1.85. The van der Waals surface area contributed by atoms with Crippen LogP contribution in [0, 0.1) is 36.0 Å². The number of aliphatic hydroxyl groups excluding tert-OH is 1. The number of fused-ring (bicyclic) bond motifs is 1. The SMILES string of the molecule is C#CCC1C(=O)O[C@H](CC)[C@@]2(C)OC(=O)N3CCN=C([C@H](C)C[C@](C)(OC)[C@H](O[C@@H]4O[C@H](C)C[C@H](N(C)C)[C@H]4O)[C@@H](C)C1=O)[C@H](C)[C@@H]32. The number of cyclic esters (lactones) is 1. The van der Waals surface area contributed by atoms with E-state index < -0.39 is 71.5 Å². The summed E-state index contributed by atoms with van der Waals surface area (Å²) in [6.45, 7) is 14.0. The van der Waals surface area contributed by atoms with Gasteiger partial charge in [-0.1, -0.05) is 27.7 Å². The number of methoxy groups -OCH3 is 1. The summed E-state index contributed by atoms with van der Waals surface area (Å²) < 4.78 is 31.2. The van der Waals surface area contributed by atoms with Gasteiger partial charge in [-0.3, -0.25) is 19.5 Å². The first-order chi connectivity index (χ1) is 22.0. The van der Waals surface area contributed by atoms with Crippen LogP contribution in [0.4, 0.5) is 4.79 Å². The van der Waals surface area contributed by atoms with Gasteiger partial charge < -0.3 is 33.7 Å². The zero-order valence-electron chi connectivity index (χ0n) is 29.7. The molecular formula is C35H55N3O9. The Kier molecular flexibility index (Phi) is 11.5. The van der Waals surface area contributed by atoms with Crippen LogP contribution in [0.25, 0.3) is 0 Å². The van der Waals surface area contributed by atoms with Crippen molar-refractivity contribution < 1.29 is 43.2 Å². The lowest BCUT2D eigenvalue weighted by Crippen LogP contribution is -2.60. The maximum absolute atomic E-state index is 14.4. The van der Waals surface area contributed by atoms with Crippen LogP contribution in [-0.4, -0.2) is 127 Å². The molecule has 0 saturated carbocycles. The third-order valence-corrected chi connectivity index (χ3v) is 11.0. The molecule has 4 aliphatic rings. The molecule has 4 aliphatic heterocycles. The number of ketones is 1. The van der Waals surface area contributed by atoms with Crippen molar-refractivity contribution in [3.8, 4) is 12.3 Å². The van der Waals surface area contributed by atoms with Gasteiger partial charge in [0.1, 0.15) is 18.1 Å². The number of hydrogen-bond donors (Lipinski definition) is 1. The van der Waals surface area contributed by atoms with Gasteiger partial charge in [-0.15, -0.1) is 12.3 Å². The molecule has 4 rings (SSSR count). The summed E-state index contributed by atoms with van der Waals surface area (Å²) in [5.41, 5.74) is -1.44. The average molecular weight is 662 g/mol. The zero-order valence-corrected chi connectivity index (χ0v) is 29.7. The van der Waals surface area contributed by atoms with E-state index in [1.54, 1.807) is 25.9 Å². The fourth-order valence-electron chi connectivity index (χ4n) is 8.51. The summed E-state index contributed by atoms with van der Waals surface area (Å²) in [4.78, 5) is 50.3. The molecule has 0 radical (unpaired) electrons. The van der Waals surface area contributed by atoms with Gasteiger partial charge in [-0.05, 0) is 60.0 Å². The van der Waals surface area contributed by atoms with E-state index in [2.05, 4.69) is 12.8 Å². The Morgan fingerprint density at radius 2 is 1.83 bits per heavy atom. The van der Waals surface area contributed by atoms with Gasteiger partial charge in [0.05, 0.1) is 30.4 Å². The van der Waals surface area contributed by atoms with Gasteiger partial charge in [-0.25, -0.2) is 4.79 Å². The second kappa shape index (κ2) is 14.5. The number of esters is 1. The number of amides is 1. The fourth-order valence-corrected chi connectivity index (χ4v) is 8.51. The number of aliphatic hydroxyl groups is 1. The van der Waals surface area contributed by atoms with Crippen molar-refractivity contribution in [3.05, 3.63) is 0 Å². The molecular weight excluding hydrogens is 606 g/mol. The predicted molar refractivity (Wildman–Crippen MR) is 175 cm³/mol. The summed E-state index contributed by atoms with van der Waals surface area (Å²) in [6, 6.07) is -0.720. The summed E-state index contributed by atoms with van der Waals surface area (Å²) in [5.74, 6) is -1.44. The molecule has 2 bridgehead atoms. The lowest BCUT2D eigenvalue weighted by atomic mass is 9.73. The normalized spacial score (nSPS) is 43.4. The van der Waals surface area contributed by atoms with Crippen molar-refractivity contribution in [2.75, 3.05) is 34.3 Å². The van der Waals surface area contributed by atoms with Crippen LogP contribution in [0.15, 0.2) is 4.99 Å². The highest BCUT2D eigenvalue weighted by Gasteiger charge is 2.60. The van der Waals surface area contributed by atoms with Crippen LogP contribution in [0.1, 0.15) is 74.1 Å². The summed E-state index contributed by atoms with van der Waals surface area (Å²) in [5, 5.41) is 11.4. The van der Waals surface area contributed by atoms with Crippen molar-refractivity contribution in [2.45, 2.75) is 128 Å². The van der Waals surface area contributed by atoms with Gasteiger partial charge in [-0.2, -0.15) is 0 Å². The van der Waals surface area contributed by atoms with Gasteiger partial charge in [0, 0.05) is 43.7 Å². The highest BCUT2D eigenvalue weighted by molar-refractivity contribution is 6.00. The van der Waals surface area contributed by atoms with Crippen molar-refractivity contribution in [1.82, 2.24) is 9.80 Å². The third kappa shape index (κ3) is 6.97. The zero-order chi connectivity index (χ0) is 35.0. The minimum Gasteiger partial charge on any atom is -0.457 e. The van der Waals surface area contributed by atoms with Crippen LogP contribution in [0.5, 0.6) is 0 Å². The Hall–Kier alpha value is -2.56. The Labute approximate surface area is 279 Å². The van der Waals surface area contributed by atoms with E-state index in [9.17, 15) is 19.5 Å². The smallest absolute Gasteiger partial charge is 0.410 e. The summed E-state index contributed by atoms with van der Waals surface area (Å²) in [6.07, 6.45) is 2.25. The van der Waals surface area contributed by atoms with E-state index in [0.29, 0.717) is 32.4 Å². The topological polar surface area (TPSA) is 136 Å². The largest absolute Gasteiger partial charge is 0.457 e. The number of nitrogens with zero attached hydrogens (tertiary/aromatic N) is 3. The maximum Gasteiger partial charge on any atom is 0.410 e. The van der Waals surface area contributed by atoms with E-state index in [4.69, 9.17) is 35.1 Å². The molecule has 0 spiro atoms. The lowest BCUT2D eigenvalue weighted by molar-refractivity contribution is -0.295. The number of aliphatic imine (C=N–C) groups is 1. The fraction of sp³-hybridized carbons (Fsp3) is 0.829. The highest BCUT2D eigenvalue weighted by Crippen LogP contribution is 2.44. The van der Waals surface area contributed by atoms with Gasteiger partial charge >= 0.3 is 12.1 Å². The van der Waals surface area contributed by atoms with E-state index in [-0.39, 0.29) is 30.4 Å². The molecule has 47 heavy (non-hydrogen) atoms. The minimum atomic E-state index is -1.30. The molecule has 0 aromatic carbocycles. The van der Waals surface area contributed by atoms with Gasteiger partial charge in [0.2, 0.25) is 0 Å². The molecule has 12 heteroatoms. The third-order valence-electron chi connectivity index (χ3n) is 11.0. The van der Waals surface area contributed by atoms with Crippen molar-refractivity contribution in [1.29, 1.82) is 0 Å². The number of Topliss-reactive ketones (excluding diaryl/α,β-unsaturated/α-hetero) is 1. The molecule has 0 aromatic rings. The molecule has 1 unspecified atom stereocenters. The van der Waals surface area contributed by atoms with E-state index >= 15 is 0 Å². The molecule has 0 aromatic heterocycles. The molecule has 0 aliphatic carbocycles. The number of carbonyl (C=O) groups excluding carboxylic acids is 3. The quantitative estimate of drug-likeness (QED) is 0.257. The number of ether oxygens (including phenoxy) is 5. The molecule has 3 saturated heterocycles. The van der Waals surface area contributed by atoms with Crippen LogP contribution >= 0.6 is 0 Å². The molecule has 1 N–H and O–H groups in total. The van der Waals surface area contributed by atoms with E-state index in [1.807, 2.05) is 46.7 Å². The number of carbonyl (C=O) groups is 3. The number of hydrogen-bond acceptors (Lipinski definition) is 11. The minimum absolute atomic E-state index is 0.180. The summed E-state index contributed by atoms with van der Waals surface area (Å²) >= 11 is 0.